The molecule has 0 amide bonds. The Labute approximate surface area is 106 Å². The zero-order chi connectivity index (χ0) is 13.8. The van der Waals surface area contributed by atoms with Gasteiger partial charge in [0.2, 0.25) is 0 Å². The van der Waals surface area contributed by atoms with Crippen LogP contribution in [-0.4, -0.2) is 62.0 Å². The van der Waals surface area contributed by atoms with Crippen LogP contribution in [-0.2, 0) is 22.8 Å². The predicted molar refractivity (Wildman–Crippen MR) is 68.1 cm³/mol. The van der Waals surface area contributed by atoms with Crippen molar-refractivity contribution in [3.8, 4) is 0 Å². The van der Waals surface area contributed by atoms with E-state index in [4.69, 9.17) is 9.84 Å². The zero-order valence-corrected chi connectivity index (χ0v) is 11.5. The molecule has 1 rings (SSSR count). The van der Waals surface area contributed by atoms with Gasteiger partial charge in [-0.05, 0) is 29.2 Å². The first-order chi connectivity index (χ1) is 8.29. The summed E-state index contributed by atoms with van der Waals surface area (Å²) in [7, 11) is -0.631. The maximum Gasteiger partial charge on any atom is 0.366 e. The van der Waals surface area contributed by atoms with Crippen LogP contribution in [0.1, 0.15) is 0 Å². The van der Waals surface area contributed by atoms with Gasteiger partial charge in [0.25, 0.3) is 0 Å². The summed E-state index contributed by atoms with van der Waals surface area (Å²) in [6, 6.07) is 0. The fourth-order valence-electron chi connectivity index (χ4n) is 1.07. The van der Waals surface area contributed by atoms with Crippen LogP contribution in [0, 0.1) is 0 Å². The van der Waals surface area contributed by atoms with Crippen molar-refractivity contribution in [2.45, 2.75) is 13.3 Å². The molecular formula is C9H18N4O4S. The Kier molecular flexibility index (Phi) is 4.91. The minimum Gasteiger partial charge on any atom is -0.480 e. The third kappa shape index (κ3) is 4.88. The molecule has 0 spiro atoms. The maximum atomic E-state index is 11.6. The number of carboxylic acid groups (broad SMARTS) is 1. The van der Waals surface area contributed by atoms with E-state index in [9.17, 15) is 9.59 Å². The van der Waals surface area contributed by atoms with E-state index in [1.807, 2.05) is 0 Å². The number of ether oxygens (including phenoxy) is 1. The van der Waals surface area contributed by atoms with Gasteiger partial charge in [0, 0.05) is 5.75 Å². The van der Waals surface area contributed by atoms with Gasteiger partial charge < -0.3 is 9.84 Å². The van der Waals surface area contributed by atoms with Gasteiger partial charge >= 0.3 is 11.7 Å². The zero-order valence-electron chi connectivity index (χ0n) is 10.7. The number of carbonyl (C=O) groups is 1. The van der Waals surface area contributed by atoms with Gasteiger partial charge in [0.15, 0.2) is 0 Å². The second-order valence-electron chi connectivity index (χ2n) is 4.64. The van der Waals surface area contributed by atoms with Crippen LogP contribution in [0.25, 0.3) is 0 Å². The number of tetrazole rings is 1. The Morgan fingerprint density at radius 2 is 1.94 bits per heavy atom. The number of hydrogen-bond acceptors (Lipinski definition) is 5. The summed E-state index contributed by atoms with van der Waals surface area (Å²) in [5.74, 6) is -0.202. The lowest BCUT2D eigenvalue weighted by Crippen LogP contribution is -2.28. The molecule has 18 heavy (non-hydrogen) atoms. The minimum atomic E-state index is -1.14. The summed E-state index contributed by atoms with van der Waals surface area (Å²) < 4.78 is 7.09. The molecule has 1 aromatic heterocycles. The maximum absolute atomic E-state index is 11.6. The van der Waals surface area contributed by atoms with Gasteiger partial charge in [-0.15, -0.1) is 0 Å². The molecular weight excluding hydrogens is 260 g/mol. The van der Waals surface area contributed by atoms with E-state index in [0.29, 0.717) is 6.61 Å². The predicted octanol–water partition coefficient (Wildman–Crippen LogP) is -0.807. The van der Waals surface area contributed by atoms with Crippen molar-refractivity contribution in [1.29, 1.82) is 0 Å². The average Bonchev–Trinajstić information content (AvgIpc) is 2.54. The van der Waals surface area contributed by atoms with Crippen molar-refractivity contribution in [3.05, 3.63) is 10.5 Å². The van der Waals surface area contributed by atoms with Gasteiger partial charge in [-0.3, -0.25) is 4.79 Å². The SMILES string of the molecule is CS(C)(C)CCOCn1nnn(CC(=O)O)c1=O. The lowest BCUT2D eigenvalue weighted by Gasteiger charge is -2.24. The van der Waals surface area contributed by atoms with E-state index in [2.05, 4.69) is 29.2 Å². The van der Waals surface area contributed by atoms with E-state index in [1.54, 1.807) is 0 Å². The molecule has 0 saturated heterocycles. The Bertz CT molecular complexity index is 462. The van der Waals surface area contributed by atoms with Gasteiger partial charge in [-0.2, -0.15) is 9.36 Å². The van der Waals surface area contributed by atoms with Crippen LogP contribution in [0.4, 0.5) is 0 Å². The van der Waals surface area contributed by atoms with Crippen molar-refractivity contribution in [3.63, 3.8) is 0 Å². The number of aliphatic carboxylic acids is 1. The molecule has 0 unspecified atom stereocenters. The third-order valence-electron chi connectivity index (χ3n) is 2.04. The van der Waals surface area contributed by atoms with Crippen LogP contribution in [0.5, 0.6) is 0 Å². The van der Waals surface area contributed by atoms with E-state index in [-0.39, 0.29) is 6.73 Å². The standard InChI is InChI=1S/C9H18N4O4S/c1-18(2,3)5-4-17-7-13-9(16)12(10-11-13)6-8(14)15/h4-7H2,1-3H3,(H,14,15). The normalized spacial score (nSPS) is 12.6. The highest BCUT2D eigenvalue weighted by atomic mass is 32.3. The topological polar surface area (TPSA) is 99.2 Å². The van der Waals surface area contributed by atoms with Gasteiger partial charge in [-0.1, -0.05) is 0 Å². The minimum absolute atomic E-state index is 0.00598. The van der Waals surface area contributed by atoms with Crippen LogP contribution >= 0.6 is 10.0 Å². The van der Waals surface area contributed by atoms with Crippen LogP contribution < -0.4 is 5.69 Å². The van der Waals surface area contributed by atoms with E-state index in [1.165, 1.54) is 0 Å². The first kappa shape index (κ1) is 14.7. The fraction of sp³-hybridized carbons (Fsp3) is 0.778. The van der Waals surface area contributed by atoms with E-state index < -0.39 is 28.2 Å². The average molecular weight is 278 g/mol. The first-order valence-electron chi connectivity index (χ1n) is 5.26. The molecule has 104 valence electrons. The summed E-state index contributed by atoms with van der Waals surface area (Å²) in [5, 5.41) is 15.5. The second-order valence-corrected chi connectivity index (χ2v) is 9.23. The molecule has 8 nitrogen and oxygen atoms in total. The quantitative estimate of drug-likeness (QED) is 0.655. The summed E-state index contributed by atoms with van der Waals surface area (Å²) in [6.45, 7) is 0.0377. The van der Waals surface area contributed by atoms with Crippen molar-refractivity contribution < 1.29 is 14.6 Å². The monoisotopic (exact) mass is 278 g/mol. The molecule has 0 saturated carbocycles. The molecule has 1 N–H and O–H groups in total. The van der Waals surface area contributed by atoms with Gasteiger partial charge in [-0.25, -0.2) is 14.8 Å². The molecule has 0 aliphatic heterocycles. The molecule has 0 atom stereocenters. The molecule has 0 aliphatic rings. The smallest absolute Gasteiger partial charge is 0.366 e. The Balaban J connectivity index is 2.46. The molecule has 9 heteroatoms. The van der Waals surface area contributed by atoms with E-state index >= 15 is 0 Å². The van der Waals surface area contributed by atoms with Crippen molar-refractivity contribution >= 4 is 16.0 Å². The van der Waals surface area contributed by atoms with Crippen molar-refractivity contribution in [2.75, 3.05) is 31.1 Å². The number of hydrogen-bond donors (Lipinski definition) is 1. The Morgan fingerprint density at radius 1 is 1.33 bits per heavy atom. The first-order valence-corrected chi connectivity index (χ1v) is 8.28. The van der Waals surface area contributed by atoms with Gasteiger partial charge in [0.05, 0.1) is 6.61 Å². The van der Waals surface area contributed by atoms with Crippen molar-refractivity contribution in [2.24, 2.45) is 0 Å². The number of nitrogens with zero attached hydrogens (tertiary/aromatic N) is 4. The highest BCUT2D eigenvalue weighted by Gasteiger charge is 2.10. The Morgan fingerprint density at radius 3 is 2.50 bits per heavy atom. The molecule has 1 heterocycles. The lowest BCUT2D eigenvalue weighted by molar-refractivity contribution is -0.138. The third-order valence-corrected chi connectivity index (χ3v) is 3.43. The second kappa shape index (κ2) is 6.01. The largest absolute Gasteiger partial charge is 0.480 e. The Hall–Kier alpha value is -1.35. The fourth-order valence-corrected chi connectivity index (χ4v) is 1.69. The molecule has 0 bridgehead atoms. The lowest BCUT2D eigenvalue weighted by atomic mass is 10.7. The summed E-state index contributed by atoms with van der Waals surface area (Å²) in [4.78, 5) is 22.0. The number of aromatic nitrogens is 4. The molecule has 0 radical (unpaired) electrons. The summed E-state index contributed by atoms with van der Waals surface area (Å²) in [6.07, 6.45) is 6.52. The van der Waals surface area contributed by atoms with Crippen LogP contribution in [0.15, 0.2) is 4.79 Å². The summed E-state index contributed by atoms with van der Waals surface area (Å²) in [5.41, 5.74) is -0.583. The highest BCUT2D eigenvalue weighted by molar-refractivity contribution is 8.32. The highest BCUT2D eigenvalue weighted by Crippen LogP contribution is 2.33. The molecule has 0 aromatic carbocycles. The van der Waals surface area contributed by atoms with E-state index in [0.717, 1.165) is 15.1 Å². The molecule has 0 aliphatic carbocycles. The number of carboxylic acids is 1. The number of rotatable bonds is 7. The molecule has 1 aromatic rings. The van der Waals surface area contributed by atoms with Crippen LogP contribution in [0.2, 0.25) is 0 Å². The van der Waals surface area contributed by atoms with Crippen molar-refractivity contribution in [1.82, 2.24) is 19.8 Å². The molecule has 0 fully saturated rings. The van der Waals surface area contributed by atoms with Gasteiger partial charge in [0.1, 0.15) is 13.3 Å². The van der Waals surface area contributed by atoms with Crippen LogP contribution in [0.3, 0.4) is 0 Å². The summed E-state index contributed by atoms with van der Waals surface area (Å²) >= 11 is 0.